The zero-order valence-corrected chi connectivity index (χ0v) is 22.3. The predicted molar refractivity (Wildman–Crippen MR) is 139 cm³/mol. The second kappa shape index (κ2) is 10.1. The molecule has 4 aliphatic heterocycles. The van der Waals surface area contributed by atoms with Crippen molar-refractivity contribution in [3.8, 4) is 0 Å². The van der Waals surface area contributed by atoms with Gasteiger partial charge in [0.25, 0.3) is 5.91 Å². The number of carbonyl (C=O) groups excluding carboxylic acids is 2. The Morgan fingerprint density at radius 2 is 1.89 bits per heavy atom. The van der Waals surface area contributed by atoms with Crippen LogP contribution in [0.5, 0.6) is 0 Å². The third kappa shape index (κ3) is 4.32. The topological polar surface area (TPSA) is 97.1 Å². The summed E-state index contributed by atoms with van der Waals surface area (Å²) in [6.45, 7) is 2.56. The lowest BCUT2D eigenvalue weighted by atomic mass is 9.64. The first-order valence-electron chi connectivity index (χ1n) is 15.2. The zero-order chi connectivity index (χ0) is 26.0. The molecule has 3 aliphatic carbocycles. The Labute approximate surface area is 224 Å². The van der Waals surface area contributed by atoms with E-state index in [1.54, 1.807) is 0 Å². The highest BCUT2D eigenvalue weighted by Gasteiger charge is 2.60. The molecule has 3 saturated carbocycles. The van der Waals surface area contributed by atoms with Gasteiger partial charge >= 0.3 is 0 Å². The Morgan fingerprint density at radius 1 is 1.08 bits per heavy atom. The number of Topliss-reactive ketones (excluding diaryl/α,β-unsaturated/α-hetero) is 1. The Balaban J connectivity index is 1.21. The maximum atomic E-state index is 16.1. The molecule has 1 amide bonds. The van der Waals surface area contributed by atoms with Gasteiger partial charge in [-0.1, -0.05) is 25.7 Å². The van der Waals surface area contributed by atoms with Crippen molar-refractivity contribution in [2.24, 2.45) is 23.5 Å². The first kappa shape index (κ1) is 25.4. The number of nitrogens with zero attached hydrogens (tertiary/aromatic N) is 2. The molecule has 7 aliphatic rings. The van der Waals surface area contributed by atoms with E-state index in [1.807, 2.05) is 6.20 Å². The molecule has 4 heterocycles. The van der Waals surface area contributed by atoms with E-state index in [-0.39, 0.29) is 54.0 Å². The fourth-order valence-electron chi connectivity index (χ4n) is 9.06. The molecule has 0 aromatic heterocycles. The van der Waals surface area contributed by atoms with Crippen LogP contribution >= 0.6 is 0 Å². The van der Waals surface area contributed by atoms with E-state index in [9.17, 15) is 9.59 Å². The Bertz CT molecular complexity index is 972. The number of nitrogens with one attached hydrogen (secondary N) is 1. The highest BCUT2D eigenvalue weighted by Crippen LogP contribution is 2.50. The highest BCUT2D eigenvalue weighted by atomic mass is 19.1. The molecule has 7 rings (SSSR count). The number of hydrogen-bond donors (Lipinski definition) is 2. The molecule has 38 heavy (non-hydrogen) atoms. The fourth-order valence-corrected chi connectivity index (χ4v) is 9.06. The number of morpholine rings is 1. The third-order valence-corrected chi connectivity index (χ3v) is 10.9. The van der Waals surface area contributed by atoms with Crippen LogP contribution in [0.15, 0.2) is 11.8 Å². The summed E-state index contributed by atoms with van der Waals surface area (Å²) in [5, 5.41) is 2.95. The molecule has 3 saturated heterocycles. The van der Waals surface area contributed by atoms with Crippen LogP contribution in [0.4, 0.5) is 4.39 Å². The van der Waals surface area contributed by atoms with Crippen molar-refractivity contribution in [1.82, 2.24) is 15.1 Å². The number of carbonyl (C=O) groups is 2. The second-order valence-electron chi connectivity index (χ2n) is 13.1. The van der Waals surface area contributed by atoms with Crippen molar-refractivity contribution in [2.75, 3.05) is 26.2 Å². The predicted octanol–water partition coefficient (Wildman–Crippen LogP) is 1.91. The Morgan fingerprint density at radius 3 is 2.63 bits per heavy atom. The van der Waals surface area contributed by atoms with Gasteiger partial charge in [-0.3, -0.25) is 14.5 Å². The van der Waals surface area contributed by atoms with Gasteiger partial charge in [0.05, 0.1) is 42.0 Å². The first-order valence-corrected chi connectivity index (χ1v) is 15.2. The number of nitrogens with two attached hydrogens (primary N) is 1. The van der Waals surface area contributed by atoms with Crippen LogP contribution in [0.1, 0.15) is 64.2 Å². The standard InChI is InChI=1S/C29H43FN4O4/c30-22-12-20-25-28(26(22)33-8-7-18(31)14-33)38-24-11-17-5-2-1-4-16(17)10-23(24)34(25)15-21(27(20)35)29(36)32-13-19-6-3-9-37-19/h15-20,22-26,28H,1-14,31H2,(H,32,36). The largest absolute Gasteiger partial charge is 0.376 e. The Hall–Kier alpha value is -1.55. The summed E-state index contributed by atoms with van der Waals surface area (Å²) in [7, 11) is 0. The monoisotopic (exact) mass is 530 g/mol. The van der Waals surface area contributed by atoms with E-state index in [2.05, 4.69) is 15.1 Å². The smallest absolute Gasteiger partial charge is 0.256 e. The summed E-state index contributed by atoms with van der Waals surface area (Å²) >= 11 is 0. The minimum absolute atomic E-state index is 0.000906. The summed E-state index contributed by atoms with van der Waals surface area (Å²) in [6, 6.07) is -0.442. The lowest BCUT2D eigenvalue weighted by Gasteiger charge is -2.61. The summed E-state index contributed by atoms with van der Waals surface area (Å²) < 4.78 is 28.6. The van der Waals surface area contributed by atoms with Gasteiger partial charge in [-0.15, -0.1) is 0 Å². The molecule has 0 radical (unpaired) electrons. The van der Waals surface area contributed by atoms with E-state index in [0.29, 0.717) is 31.5 Å². The zero-order valence-electron chi connectivity index (χ0n) is 22.3. The van der Waals surface area contributed by atoms with Crippen LogP contribution in [0.2, 0.25) is 0 Å². The molecule has 0 bridgehead atoms. The lowest BCUT2D eigenvalue weighted by molar-refractivity contribution is -0.219. The molecule has 8 nitrogen and oxygen atoms in total. The maximum absolute atomic E-state index is 16.1. The number of hydrogen-bond acceptors (Lipinski definition) is 7. The van der Waals surface area contributed by atoms with Gasteiger partial charge in [0, 0.05) is 44.4 Å². The average molecular weight is 531 g/mol. The van der Waals surface area contributed by atoms with Gasteiger partial charge < -0.3 is 25.4 Å². The molecule has 3 N–H and O–H groups in total. The van der Waals surface area contributed by atoms with Crippen LogP contribution < -0.4 is 11.1 Å². The maximum Gasteiger partial charge on any atom is 0.256 e. The van der Waals surface area contributed by atoms with Crippen LogP contribution in [0.3, 0.4) is 0 Å². The summed E-state index contributed by atoms with van der Waals surface area (Å²) in [4.78, 5) is 31.6. The van der Waals surface area contributed by atoms with E-state index >= 15 is 4.39 Å². The summed E-state index contributed by atoms with van der Waals surface area (Å²) in [5.41, 5.74) is 6.42. The number of ether oxygens (including phenoxy) is 2. The van der Waals surface area contributed by atoms with Gasteiger partial charge in [-0.25, -0.2) is 4.39 Å². The second-order valence-corrected chi connectivity index (χ2v) is 13.1. The van der Waals surface area contributed by atoms with Crippen molar-refractivity contribution in [3.63, 3.8) is 0 Å². The minimum Gasteiger partial charge on any atom is -0.376 e. The van der Waals surface area contributed by atoms with Gasteiger partial charge in [0.15, 0.2) is 5.78 Å². The van der Waals surface area contributed by atoms with Gasteiger partial charge in [-0.05, 0) is 50.4 Å². The minimum atomic E-state index is -1.19. The SMILES string of the molecule is NC1CCN(C2C(F)CC3C(=O)C(C(=O)NCC4CCCO4)=CN4C5CC6CCCCC6CC5OC2C34)C1. The number of rotatable bonds is 4. The number of amides is 1. The number of ketones is 1. The van der Waals surface area contributed by atoms with Gasteiger partial charge in [0.1, 0.15) is 6.17 Å². The normalized spacial score (nSPS) is 46.7. The highest BCUT2D eigenvalue weighted by molar-refractivity contribution is 6.20. The van der Waals surface area contributed by atoms with Crippen LogP contribution in [-0.4, -0.2) is 96.4 Å². The quantitative estimate of drug-likeness (QED) is 0.536. The number of alkyl halides is 1. The van der Waals surface area contributed by atoms with E-state index < -0.39 is 24.2 Å². The van der Waals surface area contributed by atoms with Crippen molar-refractivity contribution in [3.05, 3.63) is 11.8 Å². The van der Waals surface area contributed by atoms with Crippen molar-refractivity contribution in [1.29, 1.82) is 0 Å². The van der Waals surface area contributed by atoms with Crippen molar-refractivity contribution in [2.45, 2.75) is 113 Å². The van der Waals surface area contributed by atoms with Crippen LogP contribution in [0, 0.1) is 17.8 Å². The molecule has 0 aromatic carbocycles. The molecule has 11 atom stereocenters. The molecular formula is C29H43FN4O4. The van der Waals surface area contributed by atoms with Crippen LogP contribution in [0.25, 0.3) is 0 Å². The van der Waals surface area contributed by atoms with Crippen molar-refractivity contribution < 1.29 is 23.5 Å². The van der Waals surface area contributed by atoms with Gasteiger partial charge in [-0.2, -0.15) is 0 Å². The molecule has 0 aromatic rings. The number of fused-ring (bicyclic) bond motifs is 3. The van der Waals surface area contributed by atoms with Crippen LogP contribution in [-0.2, 0) is 19.1 Å². The number of likely N-dealkylation sites (tertiary alicyclic amines) is 1. The number of halogens is 1. The van der Waals surface area contributed by atoms with E-state index in [4.69, 9.17) is 15.2 Å². The molecule has 9 heteroatoms. The van der Waals surface area contributed by atoms with E-state index in [1.165, 1.54) is 25.7 Å². The molecular weight excluding hydrogens is 487 g/mol. The van der Waals surface area contributed by atoms with Crippen molar-refractivity contribution >= 4 is 11.7 Å². The molecule has 0 spiro atoms. The average Bonchev–Trinajstić information content (AvgIpc) is 3.59. The van der Waals surface area contributed by atoms with Gasteiger partial charge in [0.2, 0.25) is 0 Å². The Kier molecular flexibility index (Phi) is 6.78. The fraction of sp³-hybridized carbons (Fsp3) is 0.862. The molecule has 210 valence electrons. The molecule has 6 fully saturated rings. The molecule has 11 unspecified atom stereocenters. The summed E-state index contributed by atoms with van der Waals surface area (Å²) in [6.07, 6.45) is 10.2. The first-order chi connectivity index (χ1) is 18.5. The summed E-state index contributed by atoms with van der Waals surface area (Å²) in [5.74, 6) is 0.175. The lowest BCUT2D eigenvalue weighted by Crippen LogP contribution is -2.73. The third-order valence-electron chi connectivity index (χ3n) is 10.9. The van der Waals surface area contributed by atoms with E-state index in [0.717, 1.165) is 38.6 Å².